The van der Waals surface area contributed by atoms with Crippen LogP contribution in [0, 0.1) is 0 Å². The standard InChI is InChI=1S/C15H23BrN2O/c1-5-15(2,3)17-14(19)11-18(4)10-12-8-6-7-9-13(12)16/h6-9H,5,10-11H2,1-4H3,(H,17,19). The molecule has 0 saturated heterocycles. The summed E-state index contributed by atoms with van der Waals surface area (Å²) in [7, 11) is 1.96. The highest BCUT2D eigenvalue weighted by Crippen LogP contribution is 2.17. The van der Waals surface area contributed by atoms with Gasteiger partial charge in [0.15, 0.2) is 0 Å². The molecule has 106 valence electrons. The van der Waals surface area contributed by atoms with Gasteiger partial charge in [0.2, 0.25) is 5.91 Å². The Morgan fingerprint density at radius 2 is 2.00 bits per heavy atom. The van der Waals surface area contributed by atoms with Crippen LogP contribution >= 0.6 is 15.9 Å². The van der Waals surface area contributed by atoms with Crippen LogP contribution in [0.5, 0.6) is 0 Å². The summed E-state index contributed by atoms with van der Waals surface area (Å²) in [5.41, 5.74) is 1.05. The third-order valence-corrected chi connectivity index (χ3v) is 3.95. The first-order valence-electron chi connectivity index (χ1n) is 6.57. The number of amides is 1. The van der Waals surface area contributed by atoms with Crippen LogP contribution in [-0.2, 0) is 11.3 Å². The van der Waals surface area contributed by atoms with Gasteiger partial charge in [-0.25, -0.2) is 0 Å². The third kappa shape index (κ3) is 5.74. The number of carbonyl (C=O) groups is 1. The Labute approximate surface area is 124 Å². The molecule has 0 fully saturated rings. The molecule has 1 amide bonds. The first-order chi connectivity index (χ1) is 8.84. The summed E-state index contributed by atoms with van der Waals surface area (Å²) in [5.74, 6) is 0.0707. The molecule has 4 heteroatoms. The second-order valence-electron chi connectivity index (χ2n) is 5.55. The molecule has 3 nitrogen and oxygen atoms in total. The normalized spacial score (nSPS) is 11.7. The van der Waals surface area contributed by atoms with E-state index in [-0.39, 0.29) is 11.4 Å². The van der Waals surface area contributed by atoms with E-state index < -0.39 is 0 Å². The number of hydrogen-bond donors (Lipinski definition) is 1. The molecule has 19 heavy (non-hydrogen) atoms. The Morgan fingerprint density at radius 1 is 1.37 bits per heavy atom. The number of rotatable bonds is 6. The second kappa shape index (κ2) is 7.06. The molecule has 0 aliphatic carbocycles. The highest BCUT2D eigenvalue weighted by molar-refractivity contribution is 9.10. The van der Waals surface area contributed by atoms with Gasteiger partial charge in [-0.2, -0.15) is 0 Å². The van der Waals surface area contributed by atoms with Crippen molar-refractivity contribution in [3.8, 4) is 0 Å². The van der Waals surface area contributed by atoms with Gasteiger partial charge < -0.3 is 5.32 Å². The predicted octanol–water partition coefficient (Wildman–Crippen LogP) is 3.19. The second-order valence-corrected chi connectivity index (χ2v) is 6.40. The Hall–Kier alpha value is -0.870. The molecule has 0 spiro atoms. The Morgan fingerprint density at radius 3 is 2.58 bits per heavy atom. The summed E-state index contributed by atoms with van der Waals surface area (Å²) in [6.45, 7) is 7.31. The van der Waals surface area contributed by atoms with Crippen LogP contribution in [0.2, 0.25) is 0 Å². The molecule has 1 rings (SSSR count). The molecule has 0 atom stereocenters. The third-order valence-electron chi connectivity index (χ3n) is 3.17. The number of carbonyl (C=O) groups excluding carboxylic acids is 1. The first-order valence-corrected chi connectivity index (χ1v) is 7.36. The lowest BCUT2D eigenvalue weighted by Crippen LogP contribution is -2.46. The average Bonchev–Trinajstić information content (AvgIpc) is 2.31. The van der Waals surface area contributed by atoms with Gasteiger partial charge in [0.05, 0.1) is 6.54 Å². The van der Waals surface area contributed by atoms with Gasteiger partial charge in [-0.15, -0.1) is 0 Å². The maximum atomic E-state index is 11.9. The van der Waals surface area contributed by atoms with Gasteiger partial charge >= 0.3 is 0 Å². The van der Waals surface area contributed by atoms with Gasteiger partial charge in [0, 0.05) is 16.6 Å². The molecule has 1 N–H and O–H groups in total. The highest BCUT2D eigenvalue weighted by atomic mass is 79.9. The summed E-state index contributed by atoms with van der Waals surface area (Å²) in [6.07, 6.45) is 0.923. The number of likely N-dealkylation sites (N-methyl/N-ethyl adjacent to an activating group) is 1. The molecule has 0 heterocycles. The predicted molar refractivity (Wildman–Crippen MR) is 83.0 cm³/mol. The summed E-state index contributed by atoms with van der Waals surface area (Å²) in [6, 6.07) is 8.08. The zero-order valence-electron chi connectivity index (χ0n) is 12.2. The van der Waals surface area contributed by atoms with E-state index in [1.54, 1.807) is 0 Å². The minimum Gasteiger partial charge on any atom is -0.350 e. The molecule has 1 aromatic rings. The van der Waals surface area contributed by atoms with Crippen LogP contribution in [0.3, 0.4) is 0 Å². The number of halogens is 1. The smallest absolute Gasteiger partial charge is 0.234 e. The van der Waals surface area contributed by atoms with Gasteiger partial charge in [-0.1, -0.05) is 41.1 Å². The molecule has 0 aliphatic heterocycles. The summed E-state index contributed by atoms with van der Waals surface area (Å²) < 4.78 is 1.08. The topological polar surface area (TPSA) is 32.3 Å². The van der Waals surface area contributed by atoms with Crippen molar-refractivity contribution in [3.05, 3.63) is 34.3 Å². The minimum absolute atomic E-state index is 0.0707. The molecule has 0 saturated carbocycles. The maximum Gasteiger partial charge on any atom is 0.234 e. The molecule has 0 aliphatic rings. The van der Waals surface area contributed by atoms with Crippen molar-refractivity contribution in [3.63, 3.8) is 0 Å². The molecular weight excluding hydrogens is 304 g/mol. The molecule has 0 bridgehead atoms. The number of nitrogens with zero attached hydrogens (tertiary/aromatic N) is 1. The summed E-state index contributed by atoms with van der Waals surface area (Å²) in [5, 5.41) is 3.04. The lowest BCUT2D eigenvalue weighted by molar-refractivity contribution is -0.123. The zero-order chi connectivity index (χ0) is 14.5. The number of hydrogen-bond acceptors (Lipinski definition) is 2. The van der Waals surface area contributed by atoms with Crippen LogP contribution in [-0.4, -0.2) is 29.9 Å². The average molecular weight is 327 g/mol. The van der Waals surface area contributed by atoms with Gasteiger partial charge in [0.25, 0.3) is 0 Å². The Bertz CT molecular complexity index is 432. The van der Waals surface area contributed by atoms with Crippen molar-refractivity contribution in [1.82, 2.24) is 10.2 Å². The Kier molecular flexibility index (Phi) is 6.01. The van der Waals surface area contributed by atoms with E-state index in [0.29, 0.717) is 6.54 Å². The van der Waals surface area contributed by atoms with Gasteiger partial charge in [-0.3, -0.25) is 9.69 Å². The fourth-order valence-electron chi connectivity index (χ4n) is 1.72. The van der Waals surface area contributed by atoms with Crippen LogP contribution in [0.25, 0.3) is 0 Å². The van der Waals surface area contributed by atoms with Gasteiger partial charge in [-0.05, 0) is 38.9 Å². The Balaban J connectivity index is 2.50. The van der Waals surface area contributed by atoms with Crippen LogP contribution in [0.1, 0.15) is 32.8 Å². The van der Waals surface area contributed by atoms with E-state index in [2.05, 4.69) is 34.2 Å². The van der Waals surface area contributed by atoms with E-state index in [4.69, 9.17) is 0 Å². The summed E-state index contributed by atoms with van der Waals surface area (Å²) >= 11 is 3.52. The van der Waals surface area contributed by atoms with Crippen molar-refractivity contribution in [1.29, 1.82) is 0 Å². The molecule has 0 unspecified atom stereocenters. The van der Waals surface area contributed by atoms with E-state index in [0.717, 1.165) is 17.4 Å². The number of benzene rings is 1. The van der Waals surface area contributed by atoms with E-state index >= 15 is 0 Å². The summed E-state index contributed by atoms with van der Waals surface area (Å²) in [4.78, 5) is 14.0. The number of nitrogens with one attached hydrogen (secondary N) is 1. The van der Waals surface area contributed by atoms with Crippen LogP contribution in [0.4, 0.5) is 0 Å². The minimum atomic E-state index is -0.134. The SMILES string of the molecule is CCC(C)(C)NC(=O)CN(C)Cc1ccccc1Br. The van der Waals surface area contributed by atoms with Gasteiger partial charge in [0.1, 0.15) is 0 Å². The molecular formula is C15H23BrN2O. The maximum absolute atomic E-state index is 11.9. The van der Waals surface area contributed by atoms with Crippen molar-refractivity contribution < 1.29 is 4.79 Å². The lowest BCUT2D eigenvalue weighted by atomic mass is 10.0. The molecule has 0 radical (unpaired) electrons. The van der Waals surface area contributed by atoms with Crippen molar-refractivity contribution in [2.24, 2.45) is 0 Å². The fourth-order valence-corrected chi connectivity index (χ4v) is 2.13. The van der Waals surface area contributed by atoms with E-state index in [9.17, 15) is 4.79 Å². The van der Waals surface area contributed by atoms with Crippen molar-refractivity contribution in [2.45, 2.75) is 39.3 Å². The van der Waals surface area contributed by atoms with E-state index in [1.165, 1.54) is 5.56 Å². The molecule has 1 aromatic carbocycles. The van der Waals surface area contributed by atoms with Crippen molar-refractivity contribution >= 4 is 21.8 Å². The largest absolute Gasteiger partial charge is 0.350 e. The fraction of sp³-hybridized carbons (Fsp3) is 0.533. The molecule has 0 aromatic heterocycles. The quantitative estimate of drug-likeness (QED) is 0.870. The van der Waals surface area contributed by atoms with Crippen LogP contribution in [0.15, 0.2) is 28.7 Å². The highest BCUT2D eigenvalue weighted by Gasteiger charge is 2.18. The lowest BCUT2D eigenvalue weighted by Gasteiger charge is -2.26. The first kappa shape index (κ1) is 16.2. The van der Waals surface area contributed by atoms with Crippen LogP contribution < -0.4 is 5.32 Å². The van der Waals surface area contributed by atoms with Crippen molar-refractivity contribution in [2.75, 3.05) is 13.6 Å². The van der Waals surface area contributed by atoms with E-state index in [1.807, 2.05) is 44.0 Å². The monoisotopic (exact) mass is 326 g/mol. The zero-order valence-corrected chi connectivity index (χ0v) is 13.8.